The summed E-state index contributed by atoms with van der Waals surface area (Å²) in [6.07, 6.45) is 1.64. The van der Waals surface area contributed by atoms with Crippen molar-refractivity contribution in [1.82, 2.24) is 4.90 Å². The van der Waals surface area contributed by atoms with E-state index in [0.717, 1.165) is 29.7 Å². The number of benzene rings is 1. The second kappa shape index (κ2) is 5.65. The predicted molar refractivity (Wildman–Crippen MR) is 79.7 cm³/mol. The molecular weight excluding hydrogens is 252 g/mol. The van der Waals surface area contributed by atoms with Gasteiger partial charge in [0.15, 0.2) is 0 Å². The number of nitrogens with one attached hydrogen (secondary N) is 1. The quantitative estimate of drug-likeness (QED) is 0.901. The molecule has 1 aromatic carbocycles. The van der Waals surface area contributed by atoms with Crippen LogP contribution in [0.15, 0.2) is 12.1 Å². The van der Waals surface area contributed by atoms with Crippen LogP contribution in [0.4, 0.5) is 5.69 Å². The van der Waals surface area contributed by atoms with Crippen molar-refractivity contribution < 1.29 is 9.59 Å². The molecule has 1 atom stereocenters. The van der Waals surface area contributed by atoms with Crippen molar-refractivity contribution in [1.29, 1.82) is 0 Å². The summed E-state index contributed by atoms with van der Waals surface area (Å²) in [7, 11) is 0. The van der Waals surface area contributed by atoms with Gasteiger partial charge in [0.25, 0.3) is 0 Å². The highest BCUT2D eigenvalue weighted by Gasteiger charge is 2.32. The third-order valence-electron chi connectivity index (χ3n) is 3.89. The predicted octanol–water partition coefficient (Wildman–Crippen LogP) is 2.56. The summed E-state index contributed by atoms with van der Waals surface area (Å²) in [4.78, 5) is 25.6. The van der Waals surface area contributed by atoms with Gasteiger partial charge in [-0.1, -0.05) is 17.7 Å². The van der Waals surface area contributed by atoms with Crippen LogP contribution < -0.4 is 5.32 Å². The highest BCUT2D eigenvalue weighted by Crippen LogP contribution is 2.24. The Morgan fingerprint density at radius 1 is 1.20 bits per heavy atom. The standard InChI is InChI=1S/C16H22N2O2/c1-10-8-11(2)15(12(3)9-10)17-16(20)14-6-5-7-18(14)13(4)19/h8-9,14H,5-7H2,1-4H3,(H,17,20). The molecule has 1 aliphatic heterocycles. The average molecular weight is 274 g/mol. The van der Waals surface area contributed by atoms with E-state index in [1.165, 1.54) is 12.5 Å². The fraction of sp³-hybridized carbons (Fsp3) is 0.500. The average Bonchev–Trinajstić information content (AvgIpc) is 2.82. The zero-order valence-electron chi connectivity index (χ0n) is 12.6. The van der Waals surface area contributed by atoms with Crippen molar-refractivity contribution in [2.24, 2.45) is 0 Å². The molecule has 1 heterocycles. The van der Waals surface area contributed by atoms with Crippen LogP contribution in [-0.4, -0.2) is 29.3 Å². The third-order valence-corrected chi connectivity index (χ3v) is 3.89. The third kappa shape index (κ3) is 2.84. The molecule has 1 fully saturated rings. The van der Waals surface area contributed by atoms with Crippen LogP contribution in [0, 0.1) is 20.8 Å². The van der Waals surface area contributed by atoms with Crippen molar-refractivity contribution >= 4 is 17.5 Å². The molecule has 1 N–H and O–H groups in total. The van der Waals surface area contributed by atoms with E-state index < -0.39 is 0 Å². The van der Waals surface area contributed by atoms with Crippen molar-refractivity contribution in [3.63, 3.8) is 0 Å². The Kier molecular flexibility index (Phi) is 4.12. The molecule has 4 nitrogen and oxygen atoms in total. The molecule has 0 radical (unpaired) electrons. The van der Waals surface area contributed by atoms with Crippen molar-refractivity contribution in [2.45, 2.75) is 46.6 Å². The van der Waals surface area contributed by atoms with E-state index in [4.69, 9.17) is 0 Å². The Labute approximate surface area is 120 Å². The molecule has 0 saturated carbocycles. The van der Waals surface area contributed by atoms with Crippen LogP contribution in [0.5, 0.6) is 0 Å². The first-order valence-corrected chi connectivity index (χ1v) is 7.06. The van der Waals surface area contributed by atoms with Crippen molar-refractivity contribution in [3.8, 4) is 0 Å². The normalized spacial score (nSPS) is 18.2. The Balaban J connectivity index is 2.18. The molecule has 0 spiro atoms. The molecule has 1 saturated heterocycles. The van der Waals surface area contributed by atoms with Crippen LogP contribution in [0.25, 0.3) is 0 Å². The maximum atomic E-state index is 12.4. The minimum absolute atomic E-state index is 0.0278. The molecule has 1 aliphatic rings. The zero-order chi connectivity index (χ0) is 14.9. The molecule has 20 heavy (non-hydrogen) atoms. The van der Waals surface area contributed by atoms with Gasteiger partial charge < -0.3 is 10.2 Å². The topological polar surface area (TPSA) is 49.4 Å². The van der Waals surface area contributed by atoms with E-state index in [0.29, 0.717) is 6.54 Å². The molecule has 4 heteroatoms. The van der Waals surface area contributed by atoms with Crippen LogP contribution >= 0.6 is 0 Å². The Morgan fingerprint density at radius 3 is 2.35 bits per heavy atom. The summed E-state index contributed by atoms with van der Waals surface area (Å²) >= 11 is 0. The molecular formula is C16H22N2O2. The van der Waals surface area contributed by atoms with E-state index in [9.17, 15) is 9.59 Å². The van der Waals surface area contributed by atoms with Crippen molar-refractivity contribution in [2.75, 3.05) is 11.9 Å². The number of hydrogen-bond donors (Lipinski definition) is 1. The summed E-state index contributed by atoms with van der Waals surface area (Å²) in [5, 5.41) is 3.00. The number of carbonyl (C=O) groups is 2. The number of hydrogen-bond acceptors (Lipinski definition) is 2. The second-order valence-electron chi connectivity index (χ2n) is 5.63. The number of nitrogens with zero attached hydrogens (tertiary/aromatic N) is 1. The number of anilines is 1. The van der Waals surface area contributed by atoms with Gasteiger partial charge in [-0.2, -0.15) is 0 Å². The Morgan fingerprint density at radius 2 is 1.80 bits per heavy atom. The van der Waals surface area contributed by atoms with Gasteiger partial charge in [-0.15, -0.1) is 0 Å². The van der Waals surface area contributed by atoms with Gasteiger partial charge in [-0.3, -0.25) is 9.59 Å². The lowest BCUT2D eigenvalue weighted by molar-refractivity contribution is -0.134. The smallest absolute Gasteiger partial charge is 0.247 e. The molecule has 2 amide bonds. The lowest BCUT2D eigenvalue weighted by Crippen LogP contribution is -2.42. The summed E-state index contributed by atoms with van der Waals surface area (Å²) in [6, 6.07) is 3.78. The minimum Gasteiger partial charge on any atom is -0.331 e. The van der Waals surface area contributed by atoms with Crippen molar-refractivity contribution in [3.05, 3.63) is 28.8 Å². The number of carbonyl (C=O) groups excluding carboxylic acids is 2. The Hall–Kier alpha value is -1.84. The largest absolute Gasteiger partial charge is 0.331 e. The fourth-order valence-corrected chi connectivity index (χ4v) is 3.00. The molecule has 1 unspecified atom stereocenters. The first-order chi connectivity index (χ1) is 9.40. The van der Waals surface area contributed by atoms with E-state index in [-0.39, 0.29) is 17.9 Å². The monoisotopic (exact) mass is 274 g/mol. The highest BCUT2D eigenvalue weighted by molar-refractivity contribution is 5.98. The molecule has 1 aromatic rings. The van der Waals surface area contributed by atoms with Gasteiger partial charge in [0.05, 0.1) is 0 Å². The summed E-state index contributed by atoms with van der Waals surface area (Å²) in [6.45, 7) is 8.23. The van der Waals surface area contributed by atoms with Gasteiger partial charge in [-0.25, -0.2) is 0 Å². The molecule has 2 rings (SSSR count). The van der Waals surface area contributed by atoms with Gasteiger partial charge in [0.2, 0.25) is 11.8 Å². The van der Waals surface area contributed by atoms with E-state index in [1.54, 1.807) is 4.90 Å². The number of rotatable bonds is 2. The molecule has 0 aromatic heterocycles. The summed E-state index contributed by atoms with van der Waals surface area (Å²) in [5.74, 6) is -0.104. The summed E-state index contributed by atoms with van der Waals surface area (Å²) < 4.78 is 0. The zero-order valence-corrected chi connectivity index (χ0v) is 12.6. The van der Waals surface area contributed by atoms with Gasteiger partial charge >= 0.3 is 0 Å². The SMILES string of the molecule is CC(=O)N1CCCC1C(=O)Nc1c(C)cc(C)cc1C. The molecule has 108 valence electrons. The minimum atomic E-state index is -0.326. The number of aryl methyl sites for hydroxylation is 3. The maximum Gasteiger partial charge on any atom is 0.247 e. The fourth-order valence-electron chi connectivity index (χ4n) is 3.00. The molecule has 0 bridgehead atoms. The van der Waals surface area contributed by atoms with Crippen LogP contribution in [-0.2, 0) is 9.59 Å². The summed E-state index contributed by atoms with van der Waals surface area (Å²) in [5.41, 5.74) is 4.17. The first-order valence-electron chi connectivity index (χ1n) is 7.06. The maximum absolute atomic E-state index is 12.4. The highest BCUT2D eigenvalue weighted by atomic mass is 16.2. The molecule has 0 aliphatic carbocycles. The van der Waals surface area contributed by atoms with Crippen LogP contribution in [0.2, 0.25) is 0 Å². The van der Waals surface area contributed by atoms with E-state index in [2.05, 4.69) is 17.4 Å². The number of likely N-dealkylation sites (tertiary alicyclic amines) is 1. The lowest BCUT2D eigenvalue weighted by atomic mass is 10.0. The van der Waals surface area contributed by atoms with Gasteiger partial charge in [0, 0.05) is 19.2 Å². The number of amides is 2. The lowest BCUT2D eigenvalue weighted by Gasteiger charge is -2.23. The second-order valence-corrected chi connectivity index (χ2v) is 5.63. The van der Waals surface area contributed by atoms with E-state index >= 15 is 0 Å². The van der Waals surface area contributed by atoms with Crippen LogP contribution in [0.1, 0.15) is 36.5 Å². The van der Waals surface area contributed by atoms with Gasteiger partial charge in [-0.05, 0) is 44.7 Å². The Bertz CT molecular complexity index is 528. The van der Waals surface area contributed by atoms with Gasteiger partial charge in [0.1, 0.15) is 6.04 Å². The van der Waals surface area contributed by atoms with Crippen LogP contribution in [0.3, 0.4) is 0 Å². The van der Waals surface area contributed by atoms with E-state index in [1.807, 2.05) is 20.8 Å². The first kappa shape index (κ1) is 14.6.